The maximum atomic E-state index is 12.9. The van der Waals surface area contributed by atoms with Crippen LogP contribution in [0.4, 0.5) is 4.39 Å². The smallest absolute Gasteiger partial charge is 0.242 e. The third kappa shape index (κ3) is 5.85. The topological polar surface area (TPSA) is 87.8 Å². The molecule has 1 saturated carbocycles. The summed E-state index contributed by atoms with van der Waals surface area (Å²) in [5.74, 6) is -0.119. The molecule has 0 aliphatic heterocycles. The molecule has 9 heteroatoms. The monoisotopic (exact) mass is 470 g/mol. The molecule has 0 bridgehead atoms. The summed E-state index contributed by atoms with van der Waals surface area (Å²) in [6, 6.07) is 5.13. The predicted molar refractivity (Wildman–Crippen MR) is 104 cm³/mol. The molecule has 2 rings (SSSR count). The Morgan fingerprint density at radius 1 is 1.33 bits per heavy atom. The fourth-order valence-electron chi connectivity index (χ4n) is 2.54. The maximum Gasteiger partial charge on any atom is 0.242 e. The third-order valence-corrected chi connectivity index (χ3v) is 5.80. The summed E-state index contributed by atoms with van der Waals surface area (Å²) in [6.45, 7) is 0.467. The normalized spacial score (nSPS) is 16.2. The number of nitrogens with zero attached hydrogens (tertiary/aromatic N) is 2. The van der Waals surface area contributed by atoms with Gasteiger partial charge < -0.3 is 11.1 Å². The number of guanidine groups is 1. The Bertz CT molecular complexity index is 646. The summed E-state index contributed by atoms with van der Waals surface area (Å²) in [7, 11) is -2.17. The number of aliphatic imine (C=N–C) groups is 1. The van der Waals surface area contributed by atoms with E-state index >= 15 is 0 Å². The highest BCUT2D eigenvalue weighted by molar-refractivity contribution is 14.0. The molecule has 0 unspecified atom stereocenters. The Hall–Kier alpha value is -0.940. The van der Waals surface area contributed by atoms with Crippen LogP contribution in [0.15, 0.2) is 34.2 Å². The van der Waals surface area contributed by atoms with E-state index in [0.29, 0.717) is 12.0 Å². The van der Waals surface area contributed by atoms with E-state index in [2.05, 4.69) is 10.3 Å². The second-order valence-corrected chi connectivity index (χ2v) is 7.72. The number of sulfonamides is 1. The minimum Gasteiger partial charge on any atom is -0.370 e. The van der Waals surface area contributed by atoms with Gasteiger partial charge in [-0.15, -0.1) is 24.0 Å². The predicted octanol–water partition coefficient (Wildman–Crippen LogP) is 1.91. The Labute approximate surface area is 159 Å². The summed E-state index contributed by atoms with van der Waals surface area (Å²) >= 11 is 0. The molecule has 0 radical (unpaired) electrons. The second kappa shape index (κ2) is 9.52. The average Bonchev–Trinajstić information content (AvgIpc) is 3.00. The van der Waals surface area contributed by atoms with Crippen molar-refractivity contribution < 1.29 is 12.8 Å². The maximum absolute atomic E-state index is 12.9. The zero-order valence-corrected chi connectivity index (χ0v) is 16.8. The van der Waals surface area contributed by atoms with E-state index in [1.807, 2.05) is 0 Å². The molecule has 6 nitrogen and oxygen atoms in total. The van der Waals surface area contributed by atoms with Crippen LogP contribution in [0.3, 0.4) is 0 Å². The second-order valence-electron chi connectivity index (χ2n) is 5.67. The fraction of sp³-hybridized carbons (Fsp3) is 0.533. The van der Waals surface area contributed by atoms with E-state index in [0.717, 1.165) is 25.0 Å². The number of halogens is 2. The Kier molecular flexibility index (Phi) is 8.37. The van der Waals surface area contributed by atoms with Crippen molar-refractivity contribution in [1.29, 1.82) is 0 Å². The quantitative estimate of drug-likeness (QED) is 0.378. The summed E-state index contributed by atoms with van der Waals surface area (Å²) in [6.07, 6.45) is 4.58. The van der Waals surface area contributed by atoms with Crippen molar-refractivity contribution in [3.63, 3.8) is 0 Å². The summed E-state index contributed by atoms with van der Waals surface area (Å²) in [5.41, 5.74) is 5.81. The van der Waals surface area contributed by atoms with Crippen molar-refractivity contribution in [3.8, 4) is 0 Å². The van der Waals surface area contributed by atoms with Gasteiger partial charge in [-0.1, -0.05) is 12.8 Å². The van der Waals surface area contributed by atoms with Crippen LogP contribution in [0.2, 0.25) is 0 Å². The zero-order valence-electron chi connectivity index (χ0n) is 13.6. The molecule has 1 aromatic carbocycles. The van der Waals surface area contributed by atoms with E-state index in [1.54, 1.807) is 0 Å². The van der Waals surface area contributed by atoms with Gasteiger partial charge in [-0.25, -0.2) is 12.8 Å². The number of hydrogen-bond acceptors (Lipinski definition) is 3. The number of benzene rings is 1. The number of rotatable bonds is 6. The highest BCUT2D eigenvalue weighted by Gasteiger charge is 2.20. The van der Waals surface area contributed by atoms with Crippen LogP contribution in [0.5, 0.6) is 0 Å². The van der Waals surface area contributed by atoms with E-state index in [4.69, 9.17) is 5.73 Å². The fourth-order valence-corrected chi connectivity index (χ4v) is 3.70. The Balaban J connectivity index is 0.00000288. The molecule has 0 atom stereocenters. The molecule has 0 amide bonds. The van der Waals surface area contributed by atoms with Crippen molar-refractivity contribution in [2.75, 3.05) is 20.1 Å². The van der Waals surface area contributed by atoms with Crippen LogP contribution < -0.4 is 11.1 Å². The minimum atomic E-state index is -3.64. The molecule has 1 aliphatic carbocycles. The molecule has 0 spiro atoms. The summed E-state index contributed by atoms with van der Waals surface area (Å²) < 4.78 is 38.7. The lowest BCUT2D eigenvalue weighted by Crippen LogP contribution is -2.39. The lowest BCUT2D eigenvalue weighted by Gasteiger charge is -2.17. The van der Waals surface area contributed by atoms with Crippen LogP contribution in [-0.2, 0) is 10.0 Å². The number of nitrogens with one attached hydrogen (secondary N) is 1. The van der Waals surface area contributed by atoms with E-state index in [1.165, 1.54) is 36.3 Å². The Morgan fingerprint density at radius 2 is 1.92 bits per heavy atom. The van der Waals surface area contributed by atoms with E-state index in [-0.39, 0.29) is 42.0 Å². The largest absolute Gasteiger partial charge is 0.370 e. The number of nitrogens with two attached hydrogens (primary N) is 1. The summed E-state index contributed by atoms with van der Waals surface area (Å²) in [4.78, 5) is 4.22. The molecule has 3 N–H and O–H groups in total. The molecule has 0 saturated heterocycles. The first-order valence-electron chi connectivity index (χ1n) is 7.68. The molecule has 24 heavy (non-hydrogen) atoms. The van der Waals surface area contributed by atoms with Gasteiger partial charge in [-0.3, -0.25) is 4.99 Å². The van der Waals surface area contributed by atoms with Crippen molar-refractivity contribution in [1.82, 2.24) is 9.62 Å². The van der Waals surface area contributed by atoms with Crippen LogP contribution in [0, 0.1) is 5.82 Å². The van der Waals surface area contributed by atoms with Gasteiger partial charge in [-0.2, -0.15) is 4.31 Å². The third-order valence-electron chi connectivity index (χ3n) is 3.93. The minimum absolute atomic E-state index is 0. The Morgan fingerprint density at radius 3 is 2.50 bits per heavy atom. The SMILES string of the molecule is CN(CCN=C(N)NC1CCCC1)S(=O)(=O)c1ccc(F)cc1.I. The molecular formula is C15H24FIN4O2S. The van der Waals surface area contributed by atoms with Gasteiger partial charge in [-0.05, 0) is 37.1 Å². The van der Waals surface area contributed by atoms with Crippen LogP contribution in [0.25, 0.3) is 0 Å². The van der Waals surface area contributed by atoms with Crippen LogP contribution in [-0.4, -0.2) is 44.9 Å². The lowest BCUT2D eigenvalue weighted by atomic mass is 10.2. The summed E-state index contributed by atoms with van der Waals surface area (Å²) in [5, 5.41) is 3.15. The van der Waals surface area contributed by atoms with E-state index < -0.39 is 15.8 Å². The van der Waals surface area contributed by atoms with Gasteiger partial charge in [0.1, 0.15) is 5.82 Å². The van der Waals surface area contributed by atoms with Crippen LogP contribution >= 0.6 is 24.0 Å². The van der Waals surface area contributed by atoms with Crippen molar-refractivity contribution in [2.45, 2.75) is 36.6 Å². The molecule has 1 fully saturated rings. The molecule has 136 valence electrons. The van der Waals surface area contributed by atoms with Gasteiger partial charge in [0.25, 0.3) is 0 Å². The molecule has 0 aromatic heterocycles. The molecule has 0 heterocycles. The first kappa shape index (κ1) is 21.1. The van der Waals surface area contributed by atoms with Crippen molar-refractivity contribution in [3.05, 3.63) is 30.1 Å². The molecule has 1 aliphatic rings. The van der Waals surface area contributed by atoms with Crippen molar-refractivity contribution >= 4 is 40.0 Å². The highest BCUT2D eigenvalue weighted by Crippen LogP contribution is 2.17. The number of likely N-dealkylation sites (N-methyl/N-ethyl adjacent to an activating group) is 1. The lowest BCUT2D eigenvalue weighted by molar-refractivity contribution is 0.476. The van der Waals surface area contributed by atoms with Gasteiger partial charge in [0.2, 0.25) is 10.0 Å². The van der Waals surface area contributed by atoms with Crippen molar-refractivity contribution in [2.24, 2.45) is 10.7 Å². The van der Waals surface area contributed by atoms with E-state index in [9.17, 15) is 12.8 Å². The molecular weight excluding hydrogens is 446 g/mol. The molecule has 1 aromatic rings. The zero-order chi connectivity index (χ0) is 16.9. The van der Waals surface area contributed by atoms with Gasteiger partial charge in [0.15, 0.2) is 5.96 Å². The first-order chi connectivity index (χ1) is 10.9. The van der Waals surface area contributed by atoms with Gasteiger partial charge in [0.05, 0.1) is 11.4 Å². The van der Waals surface area contributed by atoms with Gasteiger partial charge >= 0.3 is 0 Å². The standard InChI is InChI=1S/C15H23FN4O2S.HI/c1-20(23(21,22)14-8-6-12(16)7-9-14)11-10-18-15(17)19-13-4-2-3-5-13;/h6-9,13H,2-5,10-11H2,1H3,(H3,17,18,19);1H. The average molecular weight is 470 g/mol. The highest BCUT2D eigenvalue weighted by atomic mass is 127. The number of hydrogen-bond donors (Lipinski definition) is 2. The van der Waals surface area contributed by atoms with Gasteiger partial charge in [0, 0.05) is 19.6 Å². The first-order valence-corrected chi connectivity index (χ1v) is 9.12. The van der Waals surface area contributed by atoms with Crippen LogP contribution in [0.1, 0.15) is 25.7 Å².